The molecule has 0 aromatic carbocycles. The van der Waals surface area contributed by atoms with Gasteiger partial charge in [-0.05, 0) is 36.5 Å². The maximum absolute atomic E-state index is 11.1. The van der Waals surface area contributed by atoms with Crippen LogP contribution in [0.1, 0.15) is 69.1 Å². The van der Waals surface area contributed by atoms with E-state index in [1.807, 2.05) is 0 Å². The Morgan fingerprint density at radius 1 is 1.23 bits per heavy atom. The Hall–Kier alpha value is -1.76. The average molecular weight is 365 g/mol. The summed E-state index contributed by atoms with van der Waals surface area (Å²) in [5, 5.41) is 30.4. The standard InChI is InChI=1S/C20H31NO5/c1-3-4-5-7-17(22)16-12-13-21-14-15(16)10-11-19(24)18(23)8-6-9-20(25)26-2/h10-14,17-19,22-24H,3-9H2,1-2H3/b11-10+/t17-,18-,19+/m0/s1. The summed E-state index contributed by atoms with van der Waals surface area (Å²) in [5.41, 5.74) is 1.48. The number of unbranched alkanes of at least 4 members (excludes halogenated alkanes) is 2. The molecule has 0 aliphatic heterocycles. The van der Waals surface area contributed by atoms with Crippen molar-refractivity contribution in [1.82, 2.24) is 4.98 Å². The third-order valence-electron chi connectivity index (χ3n) is 4.30. The molecule has 0 saturated heterocycles. The Kier molecular flexibility index (Phi) is 10.8. The number of methoxy groups -OCH3 is 1. The Morgan fingerprint density at radius 3 is 2.69 bits per heavy atom. The van der Waals surface area contributed by atoms with Gasteiger partial charge >= 0.3 is 5.97 Å². The molecule has 0 fully saturated rings. The predicted octanol–water partition coefficient (Wildman–Crippen LogP) is 2.77. The second-order valence-electron chi connectivity index (χ2n) is 6.40. The second-order valence-corrected chi connectivity index (χ2v) is 6.40. The highest BCUT2D eigenvalue weighted by molar-refractivity contribution is 5.69. The fourth-order valence-electron chi connectivity index (χ4n) is 2.66. The molecule has 1 aromatic heterocycles. The Morgan fingerprint density at radius 2 is 2.00 bits per heavy atom. The first-order valence-electron chi connectivity index (χ1n) is 9.22. The van der Waals surface area contributed by atoms with Gasteiger partial charge < -0.3 is 20.1 Å². The first kappa shape index (κ1) is 22.3. The van der Waals surface area contributed by atoms with Crippen molar-refractivity contribution in [3.63, 3.8) is 0 Å². The van der Waals surface area contributed by atoms with Crippen LogP contribution < -0.4 is 0 Å². The lowest BCUT2D eigenvalue weighted by atomic mass is 9.98. The van der Waals surface area contributed by atoms with E-state index in [-0.39, 0.29) is 12.4 Å². The Balaban J connectivity index is 2.62. The van der Waals surface area contributed by atoms with E-state index in [0.717, 1.165) is 30.4 Å². The Labute approximate surface area is 155 Å². The summed E-state index contributed by atoms with van der Waals surface area (Å²) in [5.74, 6) is -0.334. The number of aromatic nitrogens is 1. The Bertz CT molecular complexity index is 561. The van der Waals surface area contributed by atoms with Crippen LogP contribution in [0.25, 0.3) is 6.08 Å². The van der Waals surface area contributed by atoms with E-state index in [9.17, 15) is 20.1 Å². The monoisotopic (exact) mass is 365 g/mol. The van der Waals surface area contributed by atoms with Crippen molar-refractivity contribution in [2.24, 2.45) is 0 Å². The topological polar surface area (TPSA) is 99.9 Å². The number of carbonyl (C=O) groups is 1. The zero-order chi connectivity index (χ0) is 19.4. The molecule has 0 aliphatic carbocycles. The smallest absolute Gasteiger partial charge is 0.305 e. The van der Waals surface area contributed by atoms with Crippen LogP contribution in [0, 0.1) is 0 Å². The van der Waals surface area contributed by atoms with Crippen LogP contribution in [-0.2, 0) is 9.53 Å². The van der Waals surface area contributed by atoms with Crippen LogP contribution in [0.2, 0.25) is 0 Å². The molecule has 0 radical (unpaired) electrons. The summed E-state index contributed by atoms with van der Waals surface area (Å²) < 4.78 is 4.54. The van der Waals surface area contributed by atoms with Crippen molar-refractivity contribution in [1.29, 1.82) is 0 Å². The van der Waals surface area contributed by atoms with Crippen LogP contribution in [0.15, 0.2) is 24.5 Å². The summed E-state index contributed by atoms with van der Waals surface area (Å²) in [6.07, 6.45) is 8.55. The van der Waals surface area contributed by atoms with Gasteiger partial charge in [0.2, 0.25) is 0 Å². The largest absolute Gasteiger partial charge is 0.469 e. The lowest BCUT2D eigenvalue weighted by Crippen LogP contribution is -2.23. The molecule has 3 atom stereocenters. The summed E-state index contributed by atoms with van der Waals surface area (Å²) >= 11 is 0. The number of pyridine rings is 1. The van der Waals surface area contributed by atoms with Crippen LogP contribution in [0.4, 0.5) is 0 Å². The maximum Gasteiger partial charge on any atom is 0.305 e. The second kappa shape index (κ2) is 12.6. The maximum atomic E-state index is 11.1. The third kappa shape index (κ3) is 8.08. The molecule has 3 N–H and O–H groups in total. The van der Waals surface area contributed by atoms with Crippen molar-refractivity contribution in [2.75, 3.05) is 7.11 Å². The van der Waals surface area contributed by atoms with Crippen molar-refractivity contribution in [3.8, 4) is 0 Å². The molecular formula is C20H31NO5. The summed E-state index contributed by atoms with van der Waals surface area (Å²) in [6.45, 7) is 2.12. The molecule has 0 spiro atoms. The number of rotatable bonds is 12. The number of aliphatic hydroxyl groups is 3. The minimum atomic E-state index is -1.06. The van der Waals surface area contributed by atoms with Crippen molar-refractivity contribution < 1.29 is 24.9 Å². The molecule has 6 heteroatoms. The van der Waals surface area contributed by atoms with Crippen LogP contribution in [-0.4, -0.2) is 45.6 Å². The van der Waals surface area contributed by atoms with Gasteiger partial charge in [-0.3, -0.25) is 9.78 Å². The molecule has 146 valence electrons. The molecule has 1 aromatic rings. The molecule has 0 amide bonds. The first-order valence-corrected chi connectivity index (χ1v) is 9.22. The molecule has 1 rings (SSSR count). The lowest BCUT2D eigenvalue weighted by molar-refractivity contribution is -0.140. The number of carbonyl (C=O) groups excluding carboxylic acids is 1. The van der Waals surface area contributed by atoms with Crippen LogP contribution in [0.3, 0.4) is 0 Å². The predicted molar refractivity (Wildman–Crippen MR) is 100 cm³/mol. The van der Waals surface area contributed by atoms with E-state index in [1.165, 1.54) is 13.2 Å². The molecule has 0 saturated carbocycles. The van der Waals surface area contributed by atoms with E-state index < -0.39 is 18.3 Å². The number of hydrogen-bond acceptors (Lipinski definition) is 6. The molecule has 26 heavy (non-hydrogen) atoms. The minimum Gasteiger partial charge on any atom is -0.469 e. The quantitative estimate of drug-likeness (QED) is 0.389. The molecule has 0 aliphatic rings. The fourth-order valence-corrected chi connectivity index (χ4v) is 2.66. The van der Waals surface area contributed by atoms with Crippen LogP contribution in [0.5, 0.6) is 0 Å². The van der Waals surface area contributed by atoms with Crippen molar-refractivity contribution in [3.05, 3.63) is 35.7 Å². The third-order valence-corrected chi connectivity index (χ3v) is 4.30. The molecular weight excluding hydrogens is 334 g/mol. The number of aliphatic hydroxyl groups excluding tert-OH is 3. The molecule has 0 bridgehead atoms. The zero-order valence-electron chi connectivity index (χ0n) is 15.7. The molecule has 1 heterocycles. The zero-order valence-corrected chi connectivity index (χ0v) is 15.7. The number of esters is 1. The number of ether oxygens (including phenoxy) is 1. The van der Waals surface area contributed by atoms with Crippen LogP contribution >= 0.6 is 0 Å². The van der Waals surface area contributed by atoms with E-state index in [1.54, 1.807) is 24.5 Å². The molecule has 6 nitrogen and oxygen atoms in total. The van der Waals surface area contributed by atoms with Gasteiger partial charge in [0.1, 0.15) is 0 Å². The van der Waals surface area contributed by atoms with Gasteiger partial charge in [-0.15, -0.1) is 0 Å². The summed E-state index contributed by atoms with van der Waals surface area (Å²) in [6, 6.07) is 1.77. The normalized spacial score (nSPS) is 15.0. The lowest BCUT2D eigenvalue weighted by Gasteiger charge is -2.15. The highest BCUT2D eigenvalue weighted by atomic mass is 16.5. The number of hydrogen-bond donors (Lipinski definition) is 3. The highest BCUT2D eigenvalue weighted by Crippen LogP contribution is 2.24. The van der Waals surface area contributed by atoms with Gasteiger partial charge in [-0.1, -0.05) is 38.3 Å². The summed E-state index contributed by atoms with van der Waals surface area (Å²) in [7, 11) is 1.32. The number of nitrogens with zero attached hydrogens (tertiary/aromatic N) is 1. The van der Waals surface area contributed by atoms with Gasteiger partial charge in [-0.2, -0.15) is 0 Å². The van der Waals surface area contributed by atoms with E-state index in [4.69, 9.17) is 0 Å². The average Bonchev–Trinajstić information content (AvgIpc) is 2.66. The minimum absolute atomic E-state index is 0.209. The van der Waals surface area contributed by atoms with Crippen molar-refractivity contribution >= 4 is 12.0 Å². The fraction of sp³-hybridized carbons (Fsp3) is 0.600. The van der Waals surface area contributed by atoms with Gasteiger partial charge in [0, 0.05) is 18.8 Å². The van der Waals surface area contributed by atoms with Crippen molar-refractivity contribution in [2.45, 2.75) is 70.2 Å². The molecule has 0 unspecified atom stereocenters. The van der Waals surface area contributed by atoms with E-state index in [0.29, 0.717) is 19.3 Å². The summed E-state index contributed by atoms with van der Waals surface area (Å²) in [4.78, 5) is 15.1. The van der Waals surface area contributed by atoms with Gasteiger partial charge in [0.05, 0.1) is 25.4 Å². The van der Waals surface area contributed by atoms with E-state index in [2.05, 4.69) is 16.6 Å². The van der Waals surface area contributed by atoms with Gasteiger partial charge in [-0.25, -0.2) is 0 Å². The van der Waals surface area contributed by atoms with E-state index >= 15 is 0 Å². The van der Waals surface area contributed by atoms with Gasteiger partial charge in [0.15, 0.2) is 0 Å². The van der Waals surface area contributed by atoms with Gasteiger partial charge in [0.25, 0.3) is 0 Å². The highest BCUT2D eigenvalue weighted by Gasteiger charge is 2.15. The first-order chi connectivity index (χ1) is 12.5. The SMILES string of the molecule is CCCCC[C@H](O)c1ccncc1/C=C/[C@@H](O)[C@@H](O)CCCC(=O)OC.